The van der Waals surface area contributed by atoms with Crippen LogP contribution in [-0.4, -0.2) is 4.57 Å². The van der Waals surface area contributed by atoms with Crippen LogP contribution in [0.15, 0.2) is 247 Å². The Balaban J connectivity index is 0.875. The van der Waals surface area contributed by atoms with Gasteiger partial charge in [-0.2, -0.15) is 0 Å². The van der Waals surface area contributed by atoms with Crippen LogP contribution in [0.3, 0.4) is 0 Å². The molecule has 0 radical (unpaired) electrons. The Morgan fingerprint density at radius 2 is 0.945 bits per heavy atom. The Morgan fingerprint density at radius 1 is 0.370 bits per heavy atom. The van der Waals surface area contributed by atoms with Crippen molar-refractivity contribution in [3.63, 3.8) is 0 Å². The lowest BCUT2D eigenvalue weighted by Crippen LogP contribution is -2.26. The second-order valence-electron chi connectivity index (χ2n) is 20.7. The van der Waals surface area contributed by atoms with E-state index < -0.39 is 5.41 Å². The van der Waals surface area contributed by atoms with Gasteiger partial charge in [0.2, 0.25) is 0 Å². The number of hydrogen-bond acceptors (Lipinski definition) is 2. The average molecular weight is 931 g/mol. The number of furan rings is 1. The van der Waals surface area contributed by atoms with Crippen molar-refractivity contribution < 1.29 is 4.42 Å². The standard InChI is InChI=1S/C70H46N2O/c1-69(2)59-39-40-60-67(54-23-8-13-27-58(54)70(60)56-25-11-6-19-48(56)49-20-7-12-26-57(49)70)66(59)55-38-36-47(42-61(55)69)71(63-29-16-24-53-52-22-10-15-30-65(52)73-68(53)63)46-34-31-43(32-35-46)44-33-37-51-50-21-9-14-28-62(50)72(64(51)41-44)45-17-4-3-5-18-45/h3-42H,1-2H3. The molecule has 0 saturated heterocycles. The molecule has 0 unspecified atom stereocenters. The van der Waals surface area contributed by atoms with E-state index in [1.54, 1.807) is 0 Å². The summed E-state index contributed by atoms with van der Waals surface area (Å²) in [6.45, 7) is 4.83. The Hall–Kier alpha value is -9.18. The number of fused-ring (bicyclic) bond motifs is 20. The van der Waals surface area contributed by atoms with Crippen molar-refractivity contribution in [1.29, 1.82) is 0 Å². The van der Waals surface area contributed by atoms with Crippen molar-refractivity contribution in [1.82, 2.24) is 4.57 Å². The largest absolute Gasteiger partial charge is 0.454 e. The third kappa shape index (κ3) is 5.33. The van der Waals surface area contributed by atoms with Gasteiger partial charge in [-0.3, -0.25) is 0 Å². The summed E-state index contributed by atoms with van der Waals surface area (Å²) in [5.74, 6) is 0. The molecule has 2 aromatic heterocycles. The molecule has 0 amide bonds. The summed E-state index contributed by atoms with van der Waals surface area (Å²) in [7, 11) is 0. The monoisotopic (exact) mass is 930 g/mol. The van der Waals surface area contributed by atoms with Gasteiger partial charge in [0, 0.05) is 44.0 Å². The number of nitrogens with zero attached hydrogens (tertiary/aromatic N) is 2. The third-order valence-electron chi connectivity index (χ3n) is 16.8. The van der Waals surface area contributed by atoms with Gasteiger partial charge in [-0.25, -0.2) is 0 Å². The van der Waals surface area contributed by atoms with Crippen molar-refractivity contribution in [3.8, 4) is 50.2 Å². The molecule has 342 valence electrons. The van der Waals surface area contributed by atoms with E-state index in [1.807, 2.05) is 0 Å². The predicted octanol–water partition coefficient (Wildman–Crippen LogP) is 18.5. The Kier molecular flexibility index (Phi) is 8.16. The van der Waals surface area contributed by atoms with Crippen LogP contribution in [-0.2, 0) is 10.8 Å². The molecule has 3 heteroatoms. The maximum atomic E-state index is 6.83. The molecule has 0 atom stereocenters. The third-order valence-corrected chi connectivity index (χ3v) is 16.8. The van der Waals surface area contributed by atoms with Crippen molar-refractivity contribution in [2.75, 3.05) is 4.90 Å². The molecular formula is C70H46N2O. The zero-order chi connectivity index (χ0) is 48.2. The minimum atomic E-state index is -0.402. The average Bonchev–Trinajstić information content (AvgIpc) is 4.21. The van der Waals surface area contributed by atoms with Gasteiger partial charge < -0.3 is 13.9 Å². The summed E-state index contributed by atoms with van der Waals surface area (Å²) >= 11 is 0. The van der Waals surface area contributed by atoms with Crippen LogP contribution < -0.4 is 4.90 Å². The molecule has 0 aliphatic heterocycles. The summed E-state index contributed by atoms with van der Waals surface area (Å²) in [6, 6.07) is 89.9. The molecule has 3 aliphatic carbocycles. The van der Waals surface area contributed by atoms with Gasteiger partial charge in [0.15, 0.2) is 5.58 Å². The normalized spacial score (nSPS) is 14.1. The fourth-order valence-electron chi connectivity index (χ4n) is 13.7. The van der Waals surface area contributed by atoms with Crippen molar-refractivity contribution in [3.05, 3.63) is 276 Å². The number of hydrogen-bond donors (Lipinski definition) is 0. The highest BCUT2D eigenvalue weighted by Crippen LogP contribution is 2.66. The second-order valence-corrected chi connectivity index (χ2v) is 20.7. The van der Waals surface area contributed by atoms with Gasteiger partial charge in [0.05, 0.1) is 22.1 Å². The SMILES string of the molecule is CC1(C)c2cc(N(c3ccc(-c4ccc5c6ccccc6n(-c6ccccc6)c5c4)cc3)c3cccc4c3oc3ccccc34)ccc2-c2c1ccc1c2-c2ccccc2C12c1ccccc1-c1ccccc12. The van der Waals surface area contributed by atoms with E-state index in [0.29, 0.717) is 0 Å². The summed E-state index contributed by atoms with van der Waals surface area (Å²) in [4.78, 5) is 2.41. The highest BCUT2D eigenvalue weighted by atomic mass is 16.3. The van der Waals surface area contributed by atoms with Gasteiger partial charge in [-0.1, -0.05) is 196 Å². The van der Waals surface area contributed by atoms with Gasteiger partial charge in [-0.05, 0) is 139 Å². The minimum Gasteiger partial charge on any atom is -0.454 e. The molecule has 0 fully saturated rings. The lowest BCUT2D eigenvalue weighted by molar-refractivity contribution is 0.659. The smallest absolute Gasteiger partial charge is 0.159 e. The molecule has 11 aromatic carbocycles. The molecule has 1 spiro atoms. The van der Waals surface area contributed by atoms with Crippen LogP contribution in [0.1, 0.15) is 47.2 Å². The highest BCUT2D eigenvalue weighted by molar-refractivity contribution is 6.12. The van der Waals surface area contributed by atoms with E-state index >= 15 is 0 Å². The van der Waals surface area contributed by atoms with Crippen LogP contribution in [0.4, 0.5) is 17.1 Å². The molecule has 0 saturated carbocycles. The van der Waals surface area contributed by atoms with Gasteiger partial charge in [0.25, 0.3) is 0 Å². The van der Waals surface area contributed by atoms with Gasteiger partial charge in [-0.15, -0.1) is 0 Å². The zero-order valence-corrected chi connectivity index (χ0v) is 40.4. The lowest BCUT2D eigenvalue weighted by atomic mass is 9.70. The van der Waals surface area contributed by atoms with E-state index in [-0.39, 0.29) is 5.41 Å². The number of anilines is 3. The van der Waals surface area contributed by atoms with Crippen LogP contribution in [0, 0.1) is 0 Å². The van der Waals surface area contributed by atoms with E-state index in [1.165, 1.54) is 94.1 Å². The number of para-hydroxylation sites is 4. The van der Waals surface area contributed by atoms with Gasteiger partial charge in [0.1, 0.15) is 5.58 Å². The molecule has 3 aliphatic rings. The maximum absolute atomic E-state index is 6.83. The summed E-state index contributed by atoms with van der Waals surface area (Å²) in [5.41, 5.74) is 26.2. The number of benzene rings is 11. The van der Waals surface area contributed by atoms with Crippen molar-refractivity contribution in [2.24, 2.45) is 0 Å². The van der Waals surface area contributed by atoms with Crippen LogP contribution in [0.5, 0.6) is 0 Å². The van der Waals surface area contributed by atoms with E-state index in [2.05, 4.69) is 266 Å². The second kappa shape index (κ2) is 14.7. The van der Waals surface area contributed by atoms with E-state index in [0.717, 1.165) is 50.3 Å². The predicted molar refractivity (Wildman–Crippen MR) is 302 cm³/mol. The molecule has 73 heavy (non-hydrogen) atoms. The maximum Gasteiger partial charge on any atom is 0.159 e. The Labute approximate surface area is 423 Å². The van der Waals surface area contributed by atoms with Crippen molar-refractivity contribution >= 4 is 60.8 Å². The first-order chi connectivity index (χ1) is 36.0. The van der Waals surface area contributed by atoms with Gasteiger partial charge >= 0.3 is 0 Å². The number of rotatable bonds is 5. The lowest BCUT2D eigenvalue weighted by Gasteiger charge is -2.31. The van der Waals surface area contributed by atoms with Crippen LogP contribution in [0.2, 0.25) is 0 Å². The number of aromatic nitrogens is 1. The Bertz CT molecular complexity index is 4430. The molecule has 0 bridgehead atoms. The van der Waals surface area contributed by atoms with E-state index in [4.69, 9.17) is 4.42 Å². The van der Waals surface area contributed by atoms with Crippen molar-refractivity contribution in [2.45, 2.75) is 24.7 Å². The highest BCUT2D eigenvalue weighted by Gasteiger charge is 2.53. The first-order valence-electron chi connectivity index (χ1n) is 25.5. The molecular weight excluding hydrogens is 885 g/mol. The van der Waals surface area contributed by atoms with E-state index in [9.17, 15) is 0 Å². The summed E-state index contributed by atoms with van der Waals surface area (Å²) < 4.78 is 9.23. The molecule has 13 aromatic rings. The Morgan fingerprint density at radius 3 is 1.73 bits per heavy atom. The fraction of sp³-hybridized carbons (Fsp3) is 0.0571. The molecule has 2 heterocycles. The molecule has 0 N–H and O–H groups in total. The first kappa shape index (κ1) is 40.5. The zero-order valence-electron chi connectivity index (χ0n) is 40.4. The fourth-order valence-corrected chi connectivity index (χ4v) is 13.7. The summed E-state index contributed by atoms with van der Waals surface area (Å²) in [6.07, 6.45) is 0. The summed E-state index contributed by atoms with van der Waals surface area (Å²) in [5, 5.41) is 4.71. The topological polar surface area (TPSA) is 21.3 Å². The molecule has 16 rings (SSSR count). The van der Waals surface area contributed by atoms with Crippen LogP contribution >= 0.6 is 0 Å². The minimum absolute atomic E-state index is 0.284. The van der Waals surface area contributed by atoms with Crippen LogP contribution in [0.25, 0.3) is 93.9 Å². The first-order valence-corrected chi connectivity index (χ1v) is 25.5. The molecule has 3 nitrogen and oxygen atoms in total. The quantitative estimate of drug-likeness (QED) is 0.171.